The summed E-state index contributed by atoms with van der Waals surface area (Å²) in [5.74, 6) is -0.00844. The molecule has 0 aliphatic carbocycles. The highest BCUT2D eigenvalue weighted by molar-refractivity contribution is 7.88. The number of anilines is 1. The fourth-order valence-electron chi connectivity index (χ4n) is 2.25. The Bertz CT molecular complexity index is 596. The number of nitrogens with two attached hydrogens (primary N) is 1. The van der Waals surface area contributed by atoms with E-state index in [2.05, 4.69) is 0 Å². The number of nitrogen functional groups attached to an aromatic ring is 1. The van der Waals surface area contributed by atoms with Crippen molar-refractivity contribution in [2.24, 2.45) is 0 Å². The lowest BCUT2D eigenvalue weighted by Crippen LogP contribution is -2.36. The van der Waals surface area contributed by atoms with Gasteiger partial charge in [0.2, 0.25) is 10.0 Å². The number of hydrogen-bond acceptors (Lipinski definition) is 4. The monoisotopic (exact) mass is 296 g/mol. The topological polar surface area (TPSA) is 72.6 Å². The number of nitrogens with zero attached hydrogens (tertiary/aromatic N) is 1. The van der Waals surface area contributed by atoms with Crippen molar-refractivity contribution in [3.63, 3.8) is 0 Å². The molecule has 0 fully saturated rings. The number of methoxy groups -OCH3 is 1. The number of ether oxygens (including phenoxy) is 1. The summed E-state index contributed by atoms with van der Waals surface area (Å²) in [6.07, 6.45) is 2.66. The van der Waals surface area contributed by atoms with Crippen molar-refractivity contribution in [1.29, 1.82) is 0 Å². The van der Waals surface area contributed by atoms with E-state index in [0.717, 1.165) is 17.6 Å². The number of rotatable bonds is 5. The summed E-state index contributed by atoms with van der Waals surface area (Å²) in [6, 6.07) is 7.00. The third-order valence-corrected chi connectivity index (χ3v) is 5.11. The Morgan fingerprint density at radius 1 is 1.40 bits per heavy atom. The van der Waals surface area contributed by atoms with Crippen LogP contribution in [0.15, 0.2) is 35.9 Å². The van der Waals surface area contributed by atoms with Crippen molar-refractivity contribution in [2.75, 3.05) is 32.5 Å². The molecule has 0 saturated carbocycles. The minimum atomic E-state index is -3.30. The third kappa shape index (κ3) is 3.82. The average molecular weight is 296 g/mol. The van der Waals surface area contributed by atoms with Crippen LogP contribution in [0.1, 0.15) is 12.0 Å². The molecular weight excluding hydrogens is 276 g/mol. The first-order valence-corrected chi connectivity index (χ1v) is 8.11. The number of hydrogen-bond donors (Lipinski definition) is 1. The highest BCUT2D eigenvalue weighted by Gasteiger charge is 2.24. The van der Waals surface area contributed by atoms with E-state index in [1.807, 2.05) is 6.08 Å². The van der Waals surface area contributed by atoms with E-state index in [4.69, 9.17) is 10.5 Å². The molecule has 0 amide bonds. The van der Waals surface area contributed by atoms with Crippen LogP contribution in [0.4, 0.5) is 5.69 Å². The molecule has 1 aromatic carbocycles. The molecule has 1 heterocycles. The normalized spacial score (nSPS) is 16.9. The highest BCUT2D eigenvalue weighted by atomic mass is 32.2. The van der Waals surface area contributed by atoms with E-state index in [-0.39, 0.29) is 5.75 Å². The van der Waals surface area contributed by atoms with Gasteiger partial charge in [-0.15, -0.1) is 0 Å². The second kappa shape index (κ2) is 6.39. The Labute approximate surface area is 120 Å². The molecular formula is C14H20N2O3S. The molecule has 1 aliphatic heterocycles. The van der Waals surface area contributed by atoms with E-state index in [1.165, 1.54) is 4.31 Å². The van der Waals surface area contributed by atoms with Crippen molar-refractivity contribution >= 4 is 15.7 Å². The first kappa shape index (κ1) is 15.0. The van der Waals surface area contributed by atoms with Crippen LogP contribution in [0.2, 0.25) is 0 Å². The fraction of sp³-hybridized carbons (Fsp3) is 0.429. The summed E-state index contributed by atoms with van der Waals surface area (Å²) in [7, 11) is -1.66. The Kier molecular flexibility index (Phi) is 4.80. The van der Waals surface area contributed by atoms with Gasteiger partial charge in [-0.05, 0) is 29.7 Å². The van der Waals surface area contributed by atoms with Gasteiger partial charge in [0.25, 0.3) is 0 Å². The van der Waals surface area contributed by atoms with Crippen LogP contribution in [0.3, 0.4) is 0 Å². The summed E-state index contributed by atoms with van der Waals surface area (Å²) in [6.45, 7) is 1.51. The molecule has 0 saturated heterocycles. The molecule has 0 aromatic heterocycles. The highest BCUT2D eigenvalue weighted by Crippen LogP contribution is 2.18. The quantitative estimate of drug-likeness (QED) is 0.658. The molecule has 2 rings (SSSR count). The maximum Gasteiger partial charge on any atom is 0.218 e. The summed E-state index contributed by atoms with van der Waals surface area (Å²) < 4.78 is 31.3. The molecule has 0 unspecified atom stereocenters. The van der Waals surface area contributed by atoms with Gasteiger partial charge in [-0.3, -0.25) is 0 Å². The van der Waals surface area contributed by atoms with Crippen molar-refractivity contribution in [1.82, 2.24) is 4.31 Å². The zero-order valence-electron chi connectivity index (χ0n) is 11.6. The van der Waals surface area contributed by atoms with Gasteiger partial charge in [-0.1, -0.05) is 18.2 Å². The molecule has 1 aromatic rings. The molecule has 5 nitrogen and oxygen atoms in total. The summed E-state index contributed by atoms with van der Waals surface area (Å²) >= 11 is 0. The fourth-order valence-corrected chi connectivity index (χ4v) is 3.70. The average Bonchev–Trinajstić information content (AvgIpc) is 2.39. The molecule has 0 spiro atoms. The molecule has 0 atom stereocenters. The molecule has 1 aliphatic rings. The maximum absolute atomic E-state index is 12.4. The van der Waals surface area contributed by atoms with Gasteiger partial charge in [0, 0.05) is 25.9 Å². The lowest BCUT2D eigenvalue weighted by Gasteiger charge is -2.25. The van der Waals surface area contributed by atoms with E-state index in [1.54, 1.807) is 31.4 Å². The van der Waals surface area contributed by atoms with Crippen molar-refractivity contribution in [3.8, 4) is 0 Å². The number of sulfonamides is 1. The van der Waals surface area contributed by atoms with Crippen LogP contribution < -0.4 is 5.73 Å². The van der Waals surface area contributed by atoms with Gasteiger partial charge >= 0.3 is 0 Å². The minimum absolute atomic E-state index is 0.00844. The van der Waals surface area contributed by atoms with Crippen LogP contribution in [0.25, 0.3) is 0 Å². The molecule has 0 bridgehead atoms. The van der Waals surface area contributed by atoms with E-state index < -0.39 is 10.0 Å². The molecule has 2 N–H and O–H groups in total. The minimum Gasteiger partial charge on any atom is -0.399 e. The van der Waals surface area contributed by atoms with Gasteiger partial charge in [0.15, 0.2) is 0 Å². The van der Waals surface area contributed by atoms with Crippen molar-refractivity contribution in [3.05, 3.63) is 41.5 Å². The van der Waals surface area contributed by atoms with Gasteiger partial charge in [-0.25, -0.2) is 8.42 Å². The molecule has 0 radical (unpaired) electrons. The zero-order valence-corrected chi connectivity index (χ0v) is 12.4. The third-order valence-electron chi connectivity index (χ3n) is 3.29. The summed E-state index contributed by atoms with van der Waals surface area (Å²) in [5.41, 5.74) is 8.13. The lowest BCUT2D eigenvalue weighted by molar-refractivity contribution is 0.219. The second-order valence-electron chi connectivity index (χ2n) is 4.90. The summed E-state index contributed by atoms with van der Waals surface area (Å²) in [4.78, 5) is 0. The zero-order chi connectivity index (χ0) is 14.6. The lowest BCUT2D eigenvalue weighted by atomic mass is 10.1. The predicted octanol–water partition coefficient (Wildman–Crippen LogP) is 1.38. The first-order chi connectivity index (χ1) is 9.51. The largest absolute Gasteiger partial charge is 0.399 e. The van der Waals surface area contributed by atoms with Crippen LogP contribution in [-0.2, 0) is 20.5 Å². The summed E-state index contributed by atoms with van der Waals surface area (Å²) in [5, 5.41) is 0. The SMILES string of the molecule is COCC1=CCN(S(=O)(=O)Cc2cccc(N)c2)CC1. The second-order valence-corrected chi connectivity index (χ2v) is 6.87. The van der Waals surface area contributed by atoms with Gasteiger partial charge in [0.1, 0.15) is 0 Å². The van der Waals surface area contributed by atoms with Gasteiger partial charge in [-0.2, -0.15) is 4.31 Å². The van der Waals surface area contributed by atoms with Crippen LogP contribution in [0, 0.1) is 0 Å². The predicted molar refractivity (Wildman–Crippen MR) is 79.6 cm³/mol. The molecule has 20 heavy (non-hydrogen) atoms. The van der Waals surface area contributed by atoms with Gasteiger partial charge in [0.05, 0.1) is 12.4 Å². The Balaban J connectivity index is 2.05. The number of benzene rings is 1. The Hall–Kier alpha value is -1.37. The molecule has 110 valence electrons. The Morgan fingerprint density at radius 3 is 2.80 bits per heavy atom. The van der Waals surface area contributed by atoms with E-state index in [0.29, 0.717) is 25.4 Å². The van der Waals surface area contributed by atoms with E-state index >= 15 is 0 Å². The standard InChI is InChI=1S/C14H20N2O3S/c1-19-10-12-5-7-16(8-6-12)20(17,18)11-13-3-2-4-14(15)9-13/h2-5,9H,6-8,10-11,15H2,1H3. The van der Waals surface area contributed by atoms with Crippen LogP contribution in [-0.4, -0.2) is 39.5 Å². The van der Waals surface area contributed by atoms with Crippen molar-refractivity contribution < 1.29 is 13.2 Å². The Morgan fingerprint density at radius 2 is 2.20 bits per heavy atom. The van der Waals surface area contributed by atoms with Gasteiger partial charge < -0.3 is 10.5 Å². The first-order valence-electron chi connectivity index (χ1n) is 6.50. The van der Waals surface area contributed by atoms with Crippen LogP contribution >= 0.6 is 0 Å². The van der Waals surface area contributed by atoms with E-state index in [9.17, 15) is 8.42 Å². The van der Waals surface area contributed by atoms with Crippen molar-refractivity contribution in [2.45, 2.75) is 12.2 Å². The van der Waals surface area contributed by atoms with Crippen LogP contribution in [0.5, 0.6) is 0 Å². The smallest absolute Gasteiger partial charge is 0.218 e. The maximum atomic E-state index is 12.4. The molecule has 6 heteroatoms.